The Balaban J connectivity index is 1.81. The third kappa shape index (κ3) is 5.06. The molecule has 2 rings (SSSR count). The average Bonchev–Trinajstić information content (AvgIpc) is 2.55. The maximum atomic E-state index is 12.3. The second-order valence-electron chi connectivity index (χ2n) is 6.79. The molecule has 0 unspecified atom stereocenters. The summed E-state index contributed by atoms with van der Waals surface area (Å²) in [5, 5.41) is 8.03. The quantitative estimate of drug-likeness (QED) is 0.849. The van der Waals surface area contributed by atoms with E-state index < -0.39 is 6.04 Å². The fourth-order valence-corrected chi connectivity index (χ4v) is 2.54. The number of aromatic nitrogens is 2. The van der Waals surface area contributed by atoms with Gasteiger partial charge in [0.05, 0.1) is 12.1 Å². The first-order valence-electron chi connectivity index (χ1n) is 8.58. The Labute approximate surface area is 143 Å². The van der Waals surface area contributed by atoms with Crippen LogP contribution in [0.15, 0.2) is 12.1 Å². The molecule has 0 bridgehead atoms. The summed E-state index contributed by atoms with van der Waals surface area (Å²) in [7, 11) is 0. The van der Waals surface area contributed by atoms with E-state index >= 15 is 0 Å². The number of nitrogens with two attached hydrogens (primary N) is 1. The number of ether oxygens (including phenoxy) is 2. The number of likely N-dealkylation sites (tertiary alicyclic amines) is 1. The number of piperidine rings is 1. The summed E-state index contributed by atoms with van der Waals surface area (Å²) in [4.78, 5) is 14.1. The molecule has 134 valence electrons. The Morgan fingerprint density at radius 3 is 2.25 bits per heavy atom. The molecule has 1 fully saturated rings. The minimum atomic E-state index is -0.429. The zero-order valence-corrected chi connectivity index (χ0v) is 14.9. The van der Waals surface area contributed by atoms with E-state index in [4.69, 9.17) is 15.2 Å². The van der Waals surface area contributed by atoms with Gasteiger partial charge in [0.25, 0.3) is 0 Å². The van der Waals surface area contributed by atoms with Gasteiger partial charge in [-0.2, -0.15) is 0 Å². The lowest BCUT2D eigenvalue weighted by atomic mass is 10.0. The summed E-state index contributed by atoms with van der Waals surface area (Å²) in [5.41, 5.74) is 5.94. The van der Waals surface area contributed by atoms with Gasteiger partial charge in [0.15, 0.2) is 0 Å². The number of carbonyl (C=O) groups excluding carboxylic acids is 1. The predicted molar refractivity (Wildman–Crippen MR) is 90.8 cm³/mol. The van der Waals surface area contributed by atoms with E-state index in [1.54, 1.807) is 12.1 Å². The van der Waals surface area contributed by atoms with Gasteiger partial charge in [-0.15, -0.1) is 10.2 Å². The van der Waals surface area contributed by atoms with Crippen molar-refractivity contribution in [2.45, 2.75) is 58.8 Å². The van der Waals surface area contributed by atoms with Crippen LogP contribution in [0.2, 0.25) is 0 Å². The number of rotatable bonds is 6. The minimum Gasteiger partial charge on any atom is -0.474 e. The van der Waals surface area contributed by atoms with Crippen molar-refractivity contribution in [1.82, 2.24) is 15.1 Å². The van der Waals surface area contributed by atoms with Crippen LogP contribution in [0.3, 0.4) is 0 Å². The molecule has 0 saturated carbocycles. The number of amides is 1. The highest BCUT2D eigenvalue weighted by Gasteiger charge is 2.28. The van der Waals surface area contributed by atoms with E-state index in [-0.39, 0.29) is 24.0 Å². The maximum Gasteiger partial charge on any atom is 0.239 e. The summed E-state index contributed by atoms with van der Waals surface area (Å²) in [6.07, 6.45) is 1.63. The summed E-state index contributed by atoms with van der Waals surface area (Å²) in [6.45, 7) is 9.12. The molecule has 1 aliphatic heterocycles. The van der Waals surface area contributed by atoms with Crippen LogP contribution in [0.1, 0.15) is 40.5 Å². The number of carbonyl (C=O) groups is 1. The van der Waals surface area contributed by atoms with Crippen molar-refractivity contribution < 1.29 is 14.3 Å². The van der Waals surface area contributed by atoms with Gasteiger partial charge in [-0.1, -0.05) is 13.8 Å². The summed E-state index contributed by atoms with van der Waals surface area (Å²) < 4.78 is 11.3. The normalized spacial score (nSPS) is 17.2. The van der Waals surface area contributed by atoms with Gasteiger partial charge in [-0.05, 0) is 19.8 Å². The SMILES string of the molecule is CC(C)Oc1ccc(OC2CCN(C(=O)[C@@H](N)C(C)C)CC2)nn1. The molecule has 24 heavy (non-hydrogen) atoms. The molecule has 1 saturated heterocycles. The molecule has 1 amide bonds. The Bertz CT molecular complexity index is 525. The van der Waals surface area contributed by atoms with Gasteiger partial charge < -0.3 is 20.1 Å². The highest BCUT2D eigenvalue weighted by Crippen LogP contribution is 2.19. The van der Waals surface area contributed by atoms with Crippen molar-refractivity contribution in [1.29, 1.82) is 0 Å². The Morgan fingerprint density at radius 2 is 1.75 bits per heavy atom. The van der Waals surface area contributed by atoms with Crippen LogP contribution < -0.4 is 15.2 Å². The molecule has 0 aromatic carbocycles. The standard InChI is InChI=1S/C17H28N4O3/c1-11(2)16(18)17(22)21-9-7-13(8-10-21)24-15-6-5-14(19-20-15)23-12(3)4/h5-6,11-13,16H,7-10,18H2,1-4H3/t16-/m0/s1. The Morgan fingerprint density at radius 1 is 1.17 bits per heavy atom. The molecule has 1 aliphatic rings. The number of nitrogens with zero attached hydrogens (tertiary/aromatic N) is 3. The Kier molecular flexibility index (Phi) is 6.36. The smallest absolute Gasteiger partial charge is 0.239 e. The second kappa shape index (κ2) is 8.28. The van der Waals surface area contributed by atoms with Gasteiger partial charge in [0.1, 0.15) is 6.10 Å². The molecule has 0 radical (unpaired) electrons. The van der Waals surface area contributed by atoms with Crippen molar-refractivity contribution in [3.8, 4) is 11.8 Å². The van der Waals surface area contributed by atoms with E-state index in [0.29, 0.717) is 24.8 Å². The molecule has 7 nitrogen and oxygen atoms in total. The van der Waals surface area contributed by atoms with Crippen molar-refractivity contribution in [2.75, 3.05) is 13.1 Å². The first-order valence-corrected chi connectivity index (χ1v) is 8.58. The van der Waals surface area contributed by atoms with Crippen LogP contribution in [0, 0.1) is 5.92 Å². The fraction of sp³-hybridized carbons (Fsp3) is 0.706. The van der Waals surface area contributed by atoms with E-state index in [0.717, 1.165) is 12.8 Å². The van der Waals surface area contributed by atoms with Gasteiger partial charge in [-0.3, -0.25) is 4.79 Å². The van der Waals surface area contributed by atoms with Crippen molar-refractivity contribution in [3.63, 3.8) is 0 Å². The van der Waals surface area contributed by atoms with E-state index in [2.05, 4.69) is 10.2 Å². The summed E-state index contributed by atoms with van der Waals surface area (Å²) >= 11 is 0. The molecule has 1 aromatic rings. The van der Waals surface area contributed by atoms with E-state index in [1.807, 2.05) is 32.6 Å². The predicted octanol–water partition coefficient (Wildman–Crippen LogP) is 1.62. The Hall–Kier alpha value is -1.89. The lowest BCUT2D eigenvalue weighted by Crippen LogP contribution is -2.50. The number of hydrogen-bond donors (Lipinski definition) is 1. The first kappa shape index (κ1) is 18.4. The van der Waals surface area contributed by atoms with Crippen LogP contribution in [0.4, 0.5) is 0 Å². The topological polar surface area (TPSA) is 90.6 Å². The van der Waals surface area contributed by atoms with Crippen LogP contribution >= 0.6 is 0 Å². The third-order valence-corrected chi connectivity index (χ3v) is 4.02. The molecular weight excluding hydrogens is 308 g/mol. The molecule has 2 N–H and O–H groups in total. The summed E-state index contributed by atoms with van der Waals surface area (Å²) in [5.74, 6) is 1.14. The molecule has 1 aromatic heterocycles. The fourth-order valence-electron chi connectivity index (χ4n) is 2.54. The third-order valence-electron chi connectivity index (χ3n) is 4.02. The highest BCUT2D eigenvalue weighted by atomic mass is 16.5. The molecule has 2 heterocycles. The molecular formula is C17H28N4O3. The molecule has 1 atom stereocenters. The largest absolute Gasteiger partial charge is 0.474 e. The van der Waals surface area contributed by atoms with Crippen molar-refractivity contribution in [3.05, 3.63) is 12.1 Å². The summed E-state index contributed by atoms with van der Waals surface area (Å²) in [6, 6.07) is 3.08. The van der Waals surface area contributed by atoms with E-state index in [9.17, 15) is 4.79 Å². The lowest BCUT2D eigenvalue weighted by molar-refractivity contribution is -0.135. The average molecular weight is 336 g/mol. The number of hydrogen-bond acceptors (Lipinski definition) is 6. The van der Waals surface area contributed by atoms with Crippen LogP contribution in [0.5, 0.6) is 11.8 Å². The van der Waals surface area contributed by atoms with Crippen LogP contribution in [-0.2, 0) is 4.79 Å². The highest BCUT2D eigenvalue weighted by molar-refractivity contribution is 5.82. The zero-order valence-electron chi connectivity index (χ0n) is 14.9. The maximum absolute atomic E-state index is 12.3. The molecule has 0 spiro atoms. The van der Waals surface area contributed by atoms with Gasteiger partial charge in [0, 0.05) is 38.1 Å². The lowest BCUT2D eigenvalue weighted by Gasteiger charge is -2.34. The second-order valence-corrected chi connectivity index (χ2v) is 6.79. The first-order chi connectivity index (χ1) is 11.4. The monoisotopic (exact) mass is 336 g/mol. The molecule has 0 aliphatic carbocycles. The zero-order chi connectivity index (χ0) is 17.7. The van der Waals surface area contributed by atoms with Gasteiger partial charge in [-0.25, -0.2) is 0 Å². The molecule has 7 heteroatoms. The van der Waals surface area contributed by atoms with Gasteiger partial charge >= 0.3 is 0 Å². The van der Waals surface area contributed by atoms with Crippen LogP contribution in [-0.4, -0.2) is 52.3 Å². The minimum absolute atomic E-state index is 0.0263. The van der Waals surface area contributed by atoms with Crippen molar-refractivity contribution >= 4 is 5.91 Å². The van der Waals surface area contributed by atoms with Crippen molar-refractivity contribution in [2.24, 2.45) is 11.7 Å². The van der Waals surface area contributed by atoms with Gasteiger partial charge in [0.2, 0.25) is 17.7 Å². The van der Waals surface area contributed by atoms with Crippen LogP contribution in [0.25, 0.3) is 0 Å². The van der Waals surface area contributed by atoms with E-state index in [1.165, 1.54) is 0 Å².